The van der Waals surface area contributed by atoms with Gasteiger partial charge < -0.3 is 10.2 Å². The molecule has 174 valence electrons. The molecular weight excluding hydrogens is 422 g/mol. The molecule has 32 heavy (non-hydrogen) atoms. The van der Waals surface area contributed by atoms with E-state index in [9.17, 15) is 9.59 Å². The van der Waals surface area contributed by atoms with Crippen LogP contribution in [-0.4, -0.2) is 45.9 Å². The topological polar surface area (TPSA) is 78.4 Å². The average molecular weight is 458 g/mol. The fourth-order valence-electron chi connectivity index (χ4n) is 4.16. The van der Waals surface area contributed by atoms with Gasteiger partial charge in [0.25, 0.3) is 0 Å². The van der Waals surface area contributed by atoms with Gasteiger partial charge in [-0.15, -0.1) is 5.10 Å². The Bertz CT molecular complexity index is 898. The third-order valence-electron chi connectivity index (χ3n) is 5.86. The van der Waals surface area contributed by atoms with Gasteiger partial charge >= 0.3 is 0 Å². The summed E-state index contributed by atoms with van der Waals surface area (Å²) in [6.07, 6.45) is 5.51. The third kappa shape index (κ3) is 6.84. The molecule has 2 heterocycles. The van der Waals surface area contributed by atoms with E-state index in [1.165, 1.54) is 11.5 Å². The molecule has 1 aliphatic heterocycles. The predicted molar refractivity (Wildman–Crippen MR) is 129 cm³/mol. The number of aromatic nitrogens is 2. The van der Waals surface area contributed by atoms with Crippen LogP contribution in [0.1, 0.15) is 74.9 Å². The Morgan fingerprint density at radius 1 is 1.09 bits per heavy atom. The summed E-state index contributed by atoms with van der Waals surface area (Å²) < 4.78 is 4.04. The zero-order valence-electron chi connectivity index (χ0n) is 19.5. The highest BCUT2D eigenvalue weighted by molar-refractivity contribution is 7.05. The number of para-hydroxylation sites is 1. The lowest BCUT2D eigenvalue weighted by Gasteiger charge is -2.28. The van der Waals surface area contributed by atoms with Crippen LogP contribution in [0.15, 0.2) is 24.3 Å². The molecule has 0 unspecified atom stereocenters. The Morgan fingerprint density at radius 3 is 2.56 bits per heavy atom. The lowest BCUT2D eigenvalue weighted by molar-refractivity contribution is -0.122. The maximum atomic E-state index is 12.8. The van der Waals surface area contributed by atoms with E-state index >= 15 is 0 Å². The second-order valence-electron chi connectivity index (χ2n) is 8.79. The second kappa shape index (κ2) is 12.1. The van der Waals surface area contributed by atoms with Gasteiger partial charge in [0.1, 0.15) is 0 Å². The number of rotatable bonds is 5. The lowest BCUT2D eigenvalue weighted by Crippen LogP contribution is -2.38. The van der Waals surface area contributed by atoms with Crippen molar-refractivity contribution in [2.45, 2.75) is 71.9 Å². The molecule has 7 nitrogen and oxygen atoms in total. The number of amides is 2. The maximum Gasteiger partial charge on any atom is 0.234 e. The second-order valence-corrected chi connectivity index (χ2v) is 9.63. The molecule has 0 radical (unpaired) electrons. The van der Waals surface area contributed by atoms with Crippen LogP contribution in [0, 0.1) is 0 Å². The van der Waals surface area contributed by atoms with Gasteiger partial charge in [0.2, 0.25) is 11.8 Å². The molecule has 0 saturated heterocycles. The van der Waals surface area contributed by atoms with Crippen LogP contribution in [0.5, 0.6) is 0 Å². The summed E-state index contributed by atoms with van der Waals surface area (Å²) in [5.41, 5.74) is 3.01. The number of fused-ring (bicyclic) bond motifs is 1. The van der Waals surface area contributed by atoms with E-state index in [2.05, 4.69) is 39.7 Å². The summed E-state index contributed by atoms with van der Waals surface area (Å²) in [6.45, 7) is 8.85. The lowest BCUT2D eigenvalue weighted by atomic mass is 10.1. The minimum Gasteiger partial charge on any atom is -0.350 e. The smallest absolute Gasteiger partial charge is 0.234 e. The molecule has 0 spiro atoms. The van der Waals surface area contributed by atoms with Crippen molar-refractivity contribution in [2.75, 3.05) is 24.5 Å². The molecular formula is C24H35N5O2S. The van der Waals surface area contributed by atoms with Gasteiger partial charge in [-0.25, -0.2) is 0 Å². The molecule has 2 amide bonds. The van der Waals surface area contributed by atoms with E-state index in [-0.39, 0.29) is 17.7 Å². The molecule has 0 saturated carbocycles. The van der Waals surface area contributed by atoms with Crippen molar-refractivity contribution in [3.63, 3.8) is 0 Å². The first-order chi connectivity index (χ1) is 15.5. The van der Waals surface area contributed by atoms with Crippen LogP contribution in [0.4, 0.5) is 5.69 Å². The Balaban J connectivity index is 1.70. The summed E-state index contributed by atoms with van der Waals surface area (Å²) in [5.74, 6) is 0.357. The number of nitrogens with one attached hydrogen (secondary N) is 1. The van der Waals surface area contributed by atoms with Gasteiger partial charge in [0.05, 0.1) is 23.7 Å². The molecule has 1 N–H and O–H groups in total. The maximum absolute atomic E-state index is 12.8. The highest BCUT2D eigenvalue weighted by Crippen LogP contribution is 2.24. The molecule has 0 fully saturated rings. The summed E-state index contributed by atoms with van der Waals surface area (Å²) in [4.78, 5) is 30.2. The minimum absolute atomic E-state index is 0.00102. The normalized spacial score (nSPS) is 16.2. The predicted octanol–water partition coefficient (Wildman–Crippen LogP) is 4.10. The highest BCUT2D eigenvalue weighted by atomic mass is 32.1. The van der Waals surface area contributed by atoms with E-state index in [1.54, 1.807) is 6.92 Å². The van der Waals surface area contributed by atoms with E-state index < -0.39 is 0 Å². The Hall–Kier alpha value is -2.32. The van der Waals surface area contributed by atoms with Crippen LogP contribution in [0.25, 0.3) is 0 Å². The van der Waals surface area contributed by atoms with Crippen molar-refractivity contribution in [1.29, 1.82) is 0 Å². The van der Waals surface area contributed by atoms with Crippen molar-refractivity contribution in [3.05, 3.63) is 40.4 Å². The summed E-state index contributed by atoms with van der Waals surface area (Å²) >= 11 is 1.35. The summed E-state index contributed by atoms with van der Waals surface area (Å²) in [7, 11) is 0. The van der Waals surface area contributed by atoms with E-state index in [0.717, 1.165) is 67.0 Å². The van der Waals surface area contributed by atoms with Crippen molar-refractivity contribution in [1.82, 2.24) is 19.8 Å². The van der Waals surface area contributed by atoms with Crippen molar-refractivity contribution in [3.8, 4) is 0 Å². The van der Waals surface area contributed by atoms with E-state index in [4.69, 9.17) is 0 Å². The van der Waals surface area contributed by atoms with Gasteiger partial charge in [-0.2, -0.15) is 0 Å². The van der Waals surface area contributed by atoms with Crippen LogP contribution >= 0.6 is 11.5 Å². The molecule has 1 aromatic heterocycles. The molecule has 1 aromatic carbocycles. The van der Waals surface area contributed by atoms with Crippen molar-refractivity contribution in [2.24, 2.45) is 0 Å². The van der Waals surface area contributed by atoms with Crippen LogP contribution in [-0.2, 0) is 22.7 Å². The number of nitrogens with zero attached hydrogens (tertiary/aromatic N) is 4. The number of anilines is 1. The number of benzene rings is 1. The van der Waals surface area contributed by atoms with Gasteiger partial charge in [-0.05, 0) is 48.5 Å². The van der Waals surface area contributed by atoms with Crippen LogP contribution < -0.4 is 10.2 Å². The monoisotopic (exact) mass is 457 g/mol. The largest absolute Gasteiger partial charge is 0.350 e. The standard InChI is InChI=1S/C24H35N5O2S/c1-18(2)24-22(32-27-26-24)15-25-23(31)17-28-13-9-5-4-6-10-14-29(19(3)30)21-12-8-7-11-20(21)16-28/h7-8,11-12,18H,4-6,9-10,13-17H2,1-3H3,(H,25,31). The molecule has 0 aliphatic carbocycles. The van der Waals surface area contributed by atoms with E-state index in [1.807, 2.05) is 23.1 Å². The average Bonchev–Trinajstić information content (AvgIpc) is 3.22. The summed E-state index contributed by atoms with van der Waals surface area (Å²) in [6, 6.07) is 8.07. The number of carbonyl (C=O) groups is 2. The third-order valence-corrected chi connectivity index (χ3v) is 6.60. The first-order valence-corrected chi connectivity index (χ1v) is 12.4. The zero-order chi connectivity index (χ0) is 22.9. The quantitative estimate of drug-likeness (QED) is 0.731. The van der Waals surface area contributed by atoms with Gasteiger partial charge in [0.15, 0.2) is 0 Å². The van der Waals surface area contributed by atoms with E-state index in [0.29, 0.717) is 19.6 Å². The van der Waals surface area contributed by atoms with Crippen LogP contribution in [0.2, 0.25) is 0 Å². The first kappa shape index (κ1) is 24.3. The number of hydrogen-bond donors (Lipinski definition) is 1. The molecule has 0 bridgehead atoms. The van der Waals surface area contributed by atoms with Gasteiger partial charge in [-0.3, -0.25) is 14.5 Å². The number of hydrogen-bond acceptors (Lipinski definition) is 6. The Labute approximate surface area is 195 Å². The van der Waals surface area contributed by atoms with Crippen molar-refractivity contribution >= 4 is 29.0 Å². The van der Waals surface area contributed by atoms with Crippen molar-refractivity contribution < 1.29 is 9.59 Å². The fraction of sp³-hybridized carbons (Fsp3) is 0.583. The molecule has 1 aliphatic rings. The number of carbonyl (C=O) groups excluding carboxylic acids is 2. The zero-order valence-corrected chi connectivity index (χ0v) is 20.3. The first-order valence-electron chi connectivity index (χ1n) is 11.6. The molecule has 0 atom stereocenters. The molecule has 8 heteroatoms. The fourth-order valence-corrected chi connectivity index (χ4v) is 4.89. The molecule has 2 aromatic rings. The van der Waals surface area contributed by atoms with Gasteiger partial charge in [0, 0.05) is 25.7 Å². The Kier molecular flexibility index (Phi) is 9.17. The minimum atomic E-state index is 0.00102. The molecule has 3 rings (SSSR count). The van der Waals surface area contributed by atoms with Crippen LogP contribution in [0.3, 0.4) is 0 Å². The SMILES string of the molecule is CC(=O)N1CCCCCCCN(CC(=O)NCc2snnc2C(C)C)Cc2ccccc21. The highest BCUT2D eigenvalue weighted by Gasteiger charge is 2.19. The van der Waals surface area contributed by atoms with Gasteiger partial charge in [-0.1, -0.05) is 55.8 Å². The Morgan fingerprint density at radius 2 is 1.81 bits per heavy atom. The summed E-state index contributed by atoms with van der Waals surface area (Å²) in [5, 5.41) is 7.24.